The van der Waals surface area contributed by atoms with Crippen LogP contribution >= 0.6 is 11.3 Å². The van der Waals surface area contributed by atoms with Crippen LogP contribution in [0.15, 0.2) is 12.8 Å². The molecule has 0 aromatic carbocycles. The average molecular weight is 168 g/mol. The maximum Gasteiger partial charge on any atom is 0.213 e. The van der Waals surface area contributed by atoms with Crippen molar-refractivity contribution in [3.05, 3.63) is 17.7 Å². The first-order chi connectivity index (χ1) is 5.24. The van der Waals surface area contributed by atoms with Crippen molar-refractivity contribution in [1.82, 2.24) is 4.98 Å². The molecule has 1 aromatic rings. The maximum absolute atomic E-state index is 9.99. The molecule has 1 aromatic heterocycles. The second-order valence-electron chi connectivity index (χ2n) is 2.07. The highest BCUT2D eigenvalue weighted by Crippen LogP contribution is 2.22. The zero-order valence-electron chi connectivity index (χ0n) is 6.13. The quantitative estimate of drug-likeness (QED) is 0.698. The van der Waals surface area contributed by atoms with Crippen molar-refractivity contribution >= 4 is 28.5 Å². The van der Waals surface area contributed by atoms with Crippen LogP contribution in [0.1, 0.15) is 11.8 Å². The van der Waals surface area contributed by atoms with Gasteiger partial charge < -0.3 is 5.32 Å². The molecule has 11 heavy (non-hydrogen) atoms. The summed E-state index contributed by atoms with van der Waals surface area (Å²) in [6.07, 6.45) is 2.31. The molecular weight excluding hydrogens is 160 g/mol. The van der Waals surface area contributed by atoms with Crippen molar-refractivity contribution < 1.29 is 4.79 Å². The summed E-state index contributed by atoms with van der Waals surface area (Å²) in [5.41, 5.74) is 0.960. The molecule has 0 saturated heterocycles. The third-order valence-corrected chi connectivity index (χ3v) is 2.20. The van der Waals surface area contributed by atoms with E-state index in [4.69, 9.17) is 0 Å². The molecule has 1 amide bonds. The smallest absolute Gasteiger partial charge is 0.213 e. The van der Waals surface area contributed by atoms with Gasteiger partial charge in [0, 0.05) is 6.20 Å². The van der Waals surface area contributed by atoms with Crippen LogP contribution in [-0.2, 0) is 4.79 Å². The summed E-state index contributed by atoms with van der Waals surface area (Å²) in [5.74, 6) is 0. The van der Waals surface area contributed by atoms with Crippen molar-refractivity contribution in [1.29, 1.82) is 0 Å². The fraction of sp³-hybridized carbons (Fsp3) is 0.143. The highest BCUT2D eigenvalue weighted by Gasteiger charge is 1.99. The number of carbonyl (C=O) groups is 1. The number of amides is 1. The summed E-state index contributed by atoms with van der Waals surface area (Å²) in [7, 11) is 0. The third-order valence-electron chi connectivity index (χ3n) is 1.11. The van der Waals surface area contributed by atoms with E-state index in [0.717, 1.165) is 10.5 Å². The molecule has 1 heterocycles. The molecule has 0 unspecified atom stereocenters. The summed E-state index contributed by atoms with van der Waals surface area (Å²) >= 11 is 1.41. The van der Waals surface area contributed by atoms with E-state index in [9.17, 15) is 4.79 Å². The number of nitrogens with one attached hydrogen (secondary N) is 1. The van der Waals surface area contributed by atoms with Crippen LogP contribution in [0.4, 0.5) is 5.13 Å². The van der Waals surface area contributed by atoms with Crippen molar-refractivity contribution in [3.63, 3.8) is 0 Å². The van der Waals surface area contributed by atoms with Gasteiger partial charge in [-0.3, -0.25) is 4.79 Å². The first kappa shape index (κ1) is 7.94. The normalized spacial score (nSPS) is 9.18. The number of aromatic nitrogens is 1. The van der Waals surface area contributed by atoms with E-state index in [0.29, 0.717) is 11.5 Å². The first-order valence-corrected chi connectivity index (χ1v) is 3.87. The predicted octanol–water partition coefficient (Wildman–Crippen LogP) is 1.74. The highest BCUT2D eigenvalue weighted by atomic mass is 32.1. The molecule has 1 rings (SSSR count). The lowest BCUT2D eigenvalue weighted by atomic mass is 10.3. The second kappa shape index (κ2) is 3.30. The lowest BCUT2D eigenvalue weighted by Gasteiger charge is -1.88. The Bertz CT molecular complexity index is 280. The summed E-state index contributed by atoms with van der Waals surface area (Å²) in [6, 6.07) is 0. The Morgan fingerprint density at radius 2 is 2.64 bits per heavy atom. The summed E-state index contributed by atoms with van der Waals surface area (Å²) in [6.45, 7) is 5.65. The molecule has 1 N–H and O–H groups in total. The van der Waals surface area contributed by atoms with Crippen molar-refractivity contribution in [2.45, 2.75) is 6.92 Å². The van der Waals surface area contributed by atoms with Gasteiger partial charge in [-0.25, -0.2) is 4.98 Å². The van der Waals surface area contributed by atoms with Crippen LogP contribution in [0.25, 0.3) is 5.57 Å². The monoisotopic (exact) mass is 168 g/mol. The number of rotatable bonds is 3. The summed E-state index contributed by atoms with van der Waals surface area (Å²) < 4.78 is 0. The van der Waals surface area contributed by atoms with Crippen LogP contribution in [0, 0.1) is 0 Å². The Kier molecular flexibility index (Phi) is 2.38. The van der Waals surface area contributed by atoms with E-state index in [1.807, 2.05) is 6.92 Å². The fourth-order valence-corrected chi connectivity index (χ4v) is 1.29. The van der Waals surface area contributed by atoms with E-state index < -0.39 is 0 Å². The third kappa shape index (κ3) is 1.88. The molecule has 4 heteroatoms. The Balaban J connectivity index is 2.81. The number of nitrogens with zero attached hydrogens (tertiary/aromatic N) is 1. The fourth-order valence-electron chi connectivity index (χ4n) is 0.589. The van der Waals surface area contributed by atoms with Gasteiger partial charge in [-0.15, -0.1) is 0 Å². The number of hydrogen-bond acceptors (Lipinski definition) is 3. The molecule has 0 aliphatic carbocycles. The molecule has 3 nitrogen and oxygen atoms in total. The SMILES string of the molecule is C=C(C)c1cnc(NC=O)s1. The number of carbonyl (C=O) groups excluding carboxylic acids is 1. The number of hydrogen-bond donors (Lipinski definition) is 1. The van der Waals surface area contributed by atoms with Crippen molar-refractivity contribution in [2.24, 2.45) is 0 Å². The van der Waals surface area contributed by atoms with Gasteiger partial charge in [-0.1, -0.05) is 17.9 Å². The Hall–Kier alpha value is -1.16. The Morgan fingerprint density at radius 1 is 1.91 bits per heavy atom. The molecule has 58 valence electrons. The molecule has 0 bridgehead atoms. The molecule has 0 atom stereocenters. The molecule has 0 saturated carbocycles. The molecule has 0 aliphatic heterocycles. The van der Waals surface area contributed by atoms with E-state index in [1.165, 1.54) is 11.3 Å². The Morgan fingerprint density at radius 3 is 3.09 bits per heavy atom. The largest absolute Gasteiger partial charge is 0.305 e. The standard InChI is InChI=1S/C7H8N2OS/c1-5(2)6-3-8-7(11-6)9-4-10/h3-4H,1H2,2H3,(H,8,9,10). The van der Waals surface area contributed by atoms with Gasteiger partial charge in [-0.2, -0.15) is 0 Å². The van der Waals surface area contributed by atoms with Gasteiger partial charge >= 0.3 is 0 Å². The minimum absolute atomic E-state index is 0.609. The van der Waals surface area contributed by atoms with Crippen LogP contribution in [0.3, 0.4) is 0 Å². The molecule has 0 radical (unpaired) electrons. The molecule has 0 spiro atoms. The van der Waals surface area contributed by atoms with Crippen molar-refractivity contribution in [2.75, 3.05) is 5.32 Å². The first-order valence-electron chi connectivity index (χ1n) is 3.06. The zero-order valence-corrected chi connectivity index (χ0v) is 6.94. The van der Waals surface area contributed by atoms with E-state index in [2.05, 4.69) is 16.9 Å². The van der Waals surface area contributed by atoms with Gasteiger partial charge in [0.2, 0.25) is 6.41 Å². The van der Waals surface area contributed by atoms with Gasteiger partial charge in [-0.05, 0) is 12.5 Å². The zero-order chi connectivity index (χ0) is 8.27. The van der Waals surface area contributed by atoms with Crippen LogP contribution < -0.4 is 5.32 Å². The van der Waals surface area contributed by atoms with Gasteiger partial charge in [0.15, 0.2) is 5.13 Å². The topological polar surface area (TPSA) is 42.0 Å². The Labute approximate surface area is 68.8 Å². The van der Waals surface area contributed by atoms with E-state index in [1.54, 1.807) is 6.20 Å². The van der Waals surface area contributed by atoms with Gasteiger partial charge in [0.25, 0.3) is 0 Å². The predicted molar refractivity (Wildman–Crippen MR) is 46.5 cm³/mol. The molecule has 0 aliphatic rings. The minimum atomic E-state index is 0.609. The van der Waals surface area contributed by atoms with Crippen LogP contribution in [0.5, 0.6) is 0 Å². The molecular formula is C7H8N2OS. The lowest BCUT2D eigenvalue weighted by molar-refractivity contribution is -0.105. The second-order valence-corrected chi connectivity index (χ2v) is 3.10. The molecule has 0 fully saturated rings. The summed E-state index contributed by atoms with van der Waals surface area (Å²) in [5, 5.41) is 3.08. The number of anilines is 1. The minimum Gasteiger partial charge on any atom is -0.305 e. The van der Waals surface area contributed by atoms with Gasteiger partial charge in [0.1, 0.15) is 0 Å². The van der Waals surface area contributed by atoms with E-state index in [-0.39, 0.29) is 0 Å². The number of thiazole rings is 1. The van der Waals surface area contributed by atoms with Crippen LogP contribution in [0.2, 0.25) is 0 Å². The lowest BCUT2D eigenvalue weighted by Crippen LogP contribution is -1.90. The van der Waals surface area contributed by atoms with Crippen LogP contribution in [-0.4, -0.2) is 11.4 Å². The van der Waals surface area contributed by atoms with E-state index >= 15 is 0 Å². The van der Waals surface area contributed by atoms with Crippen molar-refractivity contribution in [3.8, 4) is 0 Å². The van der Waals surface area contributed by atoms with Gasteiger partial charge in [0.05, 0.1) is 4.88 Å². The average Bonchev–Trinajstić information content (AvgIpc) is 2.37. The number of allylic oxidation sites excluding steroid dienone is 1. The highest BCUT2D eigenvalue weighted by molar-refractivity contribution is 7.16. The summed E-state index contributed by atoms with van der Waals surface area (Å²) in [4.78, 5) is 14.9. The maximum atomic E-state index is 9.99.